The molecule has 4 N–H and O–H groups in total. The highest BCUT2D eigenvalue weighted by Crippen LogP contribution is 1.71. The molecule has 0 aliphatic heterocycles. The van der Waals surface area contributed by atoms with Gasteiger partial charge in [-0.2, -0.15) is 0 Å². The summed E-state index contributed by atoms with van der Waals surface area (Å²) in [5.74, 6) is -0.745. The van der Waals surface area contributed by atoms with Crippen molar-refractivity contribution in [2.45, 2.75) is 19.4 Å². The maximum Gasteiger partial charge on any atom is 0.303 e. The van der Waals surface area contributed by atoms with Gasteiger partial charge in [0.15, 0.2) is 0 Å². The molecule has 5 nitrogen and oxygen atoms in total. The van der Waals surface area contributed by atoms with E-state index >= 15 is 0 Å². The molecule has 5 heteroatoms. The Kier molecular flexibility index (Phi) is 11.0. The van der Waals surface area contributed by atoms with Crippen LogP contribution in [0.25, 0.3) is 0 Å². The number of carbonyl (C=O) groups is 1. The van der Waals surface area contributed by atoms with Crippen LogP contribution >= 0.6 is 0 Å². The third kappa shape index (κ3) is 17.6. The molecule has 0 aliphatic rings. The Bertz CT molecular complexity index is 89.0. The Balaban J connectivity index is 0. The lowest BCUT2D eigenvalue weighted by molar-refractivity contribution is -0.136. The number of carboxylic acid groups (broad SMARTS) is 1. The largest absolute Gasteiger partial charge is 0.481 e. The van der Waals surface area contributed by atoms with E-state index in [2.05, 4.69) is 0 Å². The van der Waals surface area contributed by atoms with E-state index in [1.165, 1.54) is 0 Å². The standard InChI is InChI=1S/C3H8O3.C3H6O2/c4-1-3(6)2-5;1-2-3(4)5/h3-6H,1-2H2;2H2,1H3,(H,4,5). The van der Waals surface area contributed by atoms with Crippen molar-refractivity contribution in [2.24, 2.45) is 0 Å². The van der Waals surface area contributed by atoms with E-state index in [1.807, 2.05) is 0 Å². The molecule has 0 rings (SSSR count). The first-order valence-electron chi connectivity index (χ1n) is 3.20. The van der Waals surface area contributed by atoms with Crippen molar-refractivity contribution in [3.05, 3.63) is 0 Å². The van der Waals surface area contributed by atoms with E-state index in [9.17, 15) is 4.79 Å². The highest BCUT2D eigenvalue weighted by Gasteiger charge is 1.93. The predicted molar refractivity (Wildman–Crippen MR) is 38.1 cm³/mol. The van der Waals surface area contributed by atoms with Crippen LogP contribution in [-0.4, -0.2) is 45.7 Å². The van der Waals surface area contributed by atoms with Gasteiger partial charge in [0.05, 0.1) is 13.2 Å². The van der Waals surface area contributed by atoms with Gasteiger partial charge in [0, 0.05) is 6.42 Å². The van der Waals surface area contributed by atoms with Gasteiger partial charge in [0.2, 0.25) is 0 Å². The average molecular weight is 166 g/mol. The molecule has 0 bridgehead atoms. The molecule has 0 heterocycles. The maximum atomic E-state index is 9.37. The molecule has 68 valence electrons. The van der Waals surface area contributed by atoms with Crippen molar-refractivity contribution in [2.75, 3.05) is 13.2 Å². The summed E-state index contributed by atoms with van der Waals surface area (Å²) >= 11 is 0. The van der Waals surface area contributed by atoms with Crippen LogP contribution in [0.3, 0.4) is 0 Å². The van der Waals surface area contributed by atoms with Crippen LogP contribution in [0.4, 0.5) is 0 Å². The van der Waals surface area contributed by atoms with E-state index in [0.717, 1.165) is 0 Å². The van der Waals surface area contributed by atoms with Gasteiger partial charge in [-0.1, -0.05) is 6.92 Å². The molecule has 0 atom stereocenters. The zero-order chi connectivity index (χ0) is 9.28. The number of aliphatic hydroxyl groups is 3. The molecule has 0 fully saturated rings. The summed E-state index contributed by atoms with van der Waals surface area (Å²) in [4.78, 5) is 9.37. The van der Waals surface area contributed by atoms with Crippen LogP contribution in [0.5, 0.6) is 0 Å². The average Bonchev–Trinajstić information content (AvgIpc) is 2.04. The minimum absolute atomic E-state index is 0.222. The fraction of sp³-hybridized carbons (Fsp3) is 0.833. The zero-order valence-corrected chi connectivity index (χ0v) is 6.40. The Morgan fingerprint density at radius 3 is 1.64 bits per heavy atom. The van der Waals surface area contributed by atoms with Crippen molar-refractivity contribution < 1.29 is 25.2 Å². The van der Waals surface area contributed by atoms with Crippen molar-refractivity contribution in [3.8, 4) is 0 Å². The molecule has 11 heavy (non-hydrogen) atoms. The van der Waals surface area contributed by atoms with E-state index in [0.29, 0.717) is 0 Å². The Morgan fingerprint density at radius 2 is 1.64 bits per heavy atom. The third-order valence-electron chi connectivity index (χ3n) is 0.724. The number of hydrogen-bond acceptors (Lipinski definition) is 4. The molecule has 0 spiro atoms. The van der Waals surface area contributed by atoms with Crippen LogP contribution in [0, 0.1) is 0 Å². The Morgan fingerprint density at radius 1 is 1.36 bits per heavy atom. The van der Waals surface area contributed by atoms with Gasteiger partial charge in [-0.15, -0.1) is 0 Å². The van der Waals surface area contributed by atoms with E-state index in [1.54, 1.807) is 6.92 Å². The smallest absolute Gasteiger partial charge is 0.303 e. The molecular weight excluding hydrogens is 152 g/mol. The molecular formula is C6H14O5. The Hall–Kier alpha value is -0.650. The van der Waals surface area contributed by atoms with Crippen molar-refractivity contribution in [3.63, 3.8) is 0 Å². The summed E-state index contributed by atoms with van der Waals surface area (Å²) in [6.45, 7) is 0.870. The molecule has 0 aromatic heterocycles. The summed E-state index contributed by atoms with van der Waals surface area (Å²) in [5, 5.41) is 31.7. The minimum Gasteiger partial charge on any atom is -0.481 e. The fourth-order valence-corrected chi connectivity index (χ4v) is 0.0577. The molecule has 0 amide bonds. The summed E-state index contributed by atoms with van der Waals surface area (Å²) in [6, 6.07) is 0. The van der Waals surface area contributed by atoms with Crippen LogP contribution in [0.1, 0.15) is 13.3 Å². The lowest BCUT2D eigenvalue weighted by Gasteiger charge is -1.96. The molecule has 0 radical (unpaired) electrons. The van der Waals surface area contributed by atoms with E-state index in [4.69, 9.17) is 20.4 Å². The van der Waals surface area contributed by atoms with Gasteiger partial charge in [0.25, 0.3) is 0 Å². The van der Waals surface area contributed by atoms with Crippen molar-refractivity contribution >= 4 is 5.97 Å². The molecule has 0 aromatic rings. The number of carboxylic acids is 1. The van der Waals surface area contributed by atoms with E-state index in [-0.39, 0.29) is 19.6 Å². The summed E-state index contributed by atoms with van der Waals surface area (Å²) < 4.78 is 0. The second kappa shape index (κ2) is 9.35. The highest BCUT2D eigenvalue weighted by molar-refractivity contribution is 5.66. The van der Waals surface area contributed by atoms with Gasteiger partial charge >= 0.3 is 5.97 Å². The van der Waals surface area contributed by atoms with Gasteiger partial charge in [-0.05, 0) is 0 Å². The van der Waals surface area contributed by atoms with Crippen LogP contribution in [0.15, 0.2) is 0 Å². The van der Waals surface area contributed by atoms with Crippen LogP contribution < -0.4 is 0 Å². The van der Waals surface area contributed by atoms with Crippen molar-refractivity contribution in [1.82, 2.24) is 0 Å². The van der Waals surface area contributed by atoms with E-state index < -0.39 is 12.1 Å². The number of rotatable bonds is 3. The van der Waals surface area contributed by atoms with Crippen molar-refractivity contribution in [1.29, 1.82) is 0 Å². The fourth-order valence-electron chi connectivity index (χ4n) is 0.0577. The lowest BCUT2D eigenvalue weighted by atomic mass is 10.4. The topological polar surface area (TPSA) is 98.0 Å². The SMILES string of the molecule is CCC(=O)O.OCC(O)CO. The zero-order valence-electron chi connectivity index (χ0n) is 6.40. The minimum atomic E-state index is -0.954. The van der Waals surface area contributed by atoms with Gasteiger partial charge in [-0.3, -0.25) is 4.79 Å². The number of aliphatic carboxylic acids is 1. The second-order valence-electron chi connectivity index (χ2n) is 1.77. The lowest BCUT2D eigenvalue weighted by Crippen LogP contribution is -2.15. The normalized spacial score (nSPS) is 8.82. The first-order valence-corrected chi connectivity index (χ1v) is 3.20. The van der Waals surface area contributed by atoms with Gasteiger partial charge in [0.1, 0.15) is 6.10 Å². The molecule has 0 saturated carbocycles. The maximum absolute atomic E-state index is 9.37. The monoisotopic (exact) mass is 166 g/mol. The Labute approximate surface area is 64.9 Å². The molecule has 0 saturated heterocycles. The van der Waals surface area contributed by atoms with Crippen LogP contribution in [-0.2, 0) is 4.79 Å². The second-order valence-corrected chi connectivity index (χ2v) is 1.77. The first kappa shape index (κ1) is 13.0. The summed E-state index contributed by atoms with van der Waals surface area (Å²) in [6.07, 6.45) is -0.731. The predicted octanol–water partition coefficient (Wildman–Crippen LogP) is -1.19. The third-order valence-corrected chi connectivity index (χ3v) is 0.724. The first-order chi connectivity index (χ1) is 5.08. The molecule has 0 unspecified atom stereocenters. The van der Waals surface area contributed by atoms with Gasteiger partial charge in [-0.25, -0.2) is 0 Å². The van der Waals surface area contributed by atoms with Crippen LogP contribution in [0.2, 0.25) is 0 Å². The quantitative estimate of drug-likeness (QED) is 0.422. The highest BCUT2D eigenvalue weighted by atomic mass is 16.4. The summed E-state index contributed by atoms with van der Waals surface area (Å²) in [5.41, 5.74) is 0. The summed E-state index contributed by atoms with van der Waals surface area (Å²) in [7, 11) is 0. The number of hydrogen-bond donors (Lipinski definition) is 4. The number of aliphatic hydroxyl groups excluding tert-OH is 3. The van der Waals surface area contributed by atoms with Gasteiger partial charge < -0.3 is 20.4 Å². The molecule has 0 aromatic carbocycles. The molecule has 0 aliphatic carbocycles.